The zero-order valence-electron chi connectivity index (χ0n) is 17.2. The molecule has 1 N–H and O–H groups in total. The van der Waals surface area contributed by atoms with Crippen molar-refractivity contribution in [3.8, 4) is 10.4 Å². The molecule has 5 rings (SSSR count). The minimum absolute atomic E-state index is 0.102. The number of benzene rings is 2. The first kappa shape index (κ1) is 20.1. The van der Waals surface area contributed by atoms with Gasteiger partial charge in [0.15, 0.2) is 5.78 Å². The monoisotopic (exact) mass is 432 g/mol. The molecule has 0 atom stereocenters. The van der Waals surface area contributed by atoms with Gasteiger partial charge in [-0.2, -0.15) is 0 Å². The first-order valence-corrected chi connectivity index (χ1v) is 11.5. The van der Waals surface area contributed by atoms with Crippen molar-refractivity contribution in [2.24, 2.45) is 0 Å². The van der Waals surface area contributed by atoms with Crippen molar-refractivity contribution in [3.05, 3.63) is 76.2 Å². The molecule has 0 saturated carbocycles. The fraction of sp³-hybridized carbons (Fsp3) is 0.280. The second-order valence-electron chi connectivity index (χ2n) is 7.91. The maximum atomic E-state index is 12.7. The highest BCUT2D eigenvalue weighted by molar-refractivity contribution is 7.15. The van der Waals surface area contributed by atoms with Crippen LogP contribution in [0.4, 0.5) is 5.69 Å². The first-order valence-electron chi connectivity index (χ1n) is 10.6. The Balaban J connectivity index is 1.41. The van der Waals surface area contributed by atoms with E-state index in [1.54, 1.807) is 23.5 Å². The number of nitrogens with one attached hydrogen (secondary N) is 1. The maximum absolute atomic E-state index is 12.7. The number of ketones is 1. The third kappa shape index (κ3) is 4.19. The van der Waals surface area contributed by atoms with E-state index in [0.29, 0.717) is 23.2 Å². The van der Waals surface area contributed by atoms with Crippen LogP contribution >= 0.6 is 11.3 Å². The predicted octanol–water partition coefficient (Wildman–Crippen LogP) is 4.63. The number of Topliss-reactive ketones (excluding diaryl/α,β-unsaturated/α-hetero) is 1. The molecule has 2 aromatic carbocycles. The van der Waals surface area contributed by atoms with Crippen molar-refractivity contribution in [1.82, 2.24) is 4.90 Å². The molecule has 1 aromatic heterocycles. The molecule has 0 spiro atoms. The van der Waals surface area contributed by atoms with Crippen LogP contribution in [0.15, 0.2) is 54.6 Å². The van der Waals surface area contributed by atoms with Crippen molar-refractivity contribution in [2.75, 3.05) is 31.6 Å². The topological polar surface area (TPSA) is 58.6 Å². The van der Waals surface area contributed by atoms with Crippen LogP contribution in [0.2, 0.25) is 0 Å². The lowest BCUT2D eigenvalue weighted by Gasteiger charge is -2.25. The summed E-state index contributed by atoms with van der Waals surface area (Å²) in [6.45, 7) is 4.45. The summed E-state index contributed by atoms with van der Waals surface area (Å²) in [4.78, 5) is 30.2. The van der Waals surface area contributed by atoms with E-state index in [2.05, 4.69) is 22.3 Å². The Labute approximate surface area is 185 Å². The lowest BCUT2D eigenvalue weighted by atomic mass is 9.99. The van der Waals surface area contributed by atoms with Crippen molar-refractivity contribution < 1.29 is 14.3 Å². The van der Waals surface area contributed by atoms with Gasteiger partial charge in [-0.05, 0) is 47.9 Å². The van der Waals surface area contributed by atoms with E-state index in [1.165, 1.54) is 9.75 Å². The molecule has 1 amide bonds. The zero-order chi connectivity index (χ0) is 21.2. The molecular formula is C25H24N2O3S. The maximum Gasteiger partial charge on any atom is 0.255 e. The number of thiophene rings is 1. The summed E-state index contributed by atoms with van der Waals surface area (Å²) in [6, 6.07) is 17.3. The summed E-state index contributed by atoms with van der Waals surface area (Å²) in [5.41, 5.74) is 4.02. The third-order valence-corrected chi connectivity index (χ3v) is 6.99. The van der Waals surface area contributed by atoms with Crippen molar-refractivity contribution in [3.63, 3.8) is 0 Å². The highest BCUT2D eigenvalue weighted by Crippen LogP contribution is 2.39. The van der Waals surface area contributed by atoms with E-state index in [1.807, 2.05) is 30.3 Å². The number of carbonyl (C=O) groups excluding carboxylic acids is 2. The second-order valence-corrected chi connectivity index (χ2v) is 9.08. The van der Waals surface area contributed by atoms with Gasteiger partial charge in [-0.1, -0.05) is 24.3 Å². The number of morpholine rings is 1. The van der Waals surface area contributed by atoms with Gasteiger partial charge in [0.25, 0.3) is 5.91 Å². The van der Waals surface area contributed by atoms with Gasteiger partial charge in [0, 0.05) is 46.9 Å². The molecule has 6 heteroatoms. The van der Waals surface area contributed by atoms with Crippen LogP contribution in [0.1, 0.15) is 37.6 Å². The Bertz CT molecular complexity index is 1120. The van der Waals surface area contributed by atoms with E-state index < -0.39 is 0 Å². The predicted molar refractivity (Wildman–Crippen MR) is 123 cm³/mol. The van der Waals surface area contributed by atoms with Crippen LogP contribution in [-0.2, 0) is 17.7 Å². The Morgan fingerprint density at radius 2 is 1.81 bits per heavy atom. The summed E-state index contributed by atoms with van der Waals surface area (Å²) in [5, 5.41) is 2.95. The number of amides is 1. The molecule has 3 aromatic rings. The number of ether oxygens (including phenoxy) is 1. The lowest BCUT2D eigenvalue weighted by Crippen LogP contribution is -2.35. The third-order valence-electron chi connectivity index (χ3n) is 5.89. The lowest BCUT2D eigenvalue weighted by molar-refractivity contribution is 0.0346. The van der Waals surface area contributed by atoms with Crippen LogP contribution in [0, 0.1) is 0 Å². The van der Waals surface area contributed by atoms with Crippen LogP contribution in [-0.4, -0.2) is 42.9 Å². The Hall–Kier alpha value is -2.80. The van der Waals surface area contributed by atoms with Gasteiger partial charge in [-0.25, -0.2) is 0 Å². The standard InChI is InChI=1S/C25H24N2O3S/c28-22-10-8-20-19(23-11-6-18(31-23)16-27-12-14-30-15-13-27)7-9-21(24(20)22)26-25(29)17-4-2-1-3-5-17/h1-7,9,11H,8,10,12-16H2,(H,26,29). The SMILES string of the molecule is O=C(Nc1ccc(-c2ccc(CN3CCOCC3)s2)c2c1C(=O)CC2)c1ccccc1. The van der Waals surface area contributed by atoms with Crippen LogP contribution in [0.3, 0.4) is 0 Å². The average molecular weight is 433 g/mol. The van der Waals surface area contributed by atoms with Crippen LogP contribution in [0.25, 0.3) is 10.4 Å². The number of rotatable bonds is 5. The smallest absolute Gasteiger partial charge is 0.255 e. The molecule has 1 aliphatic heterocycles. The normalized spacial score (nSPS) is 16.3. The Morgan fingerprint density at radius 1 is 1.00 bits per heavy atom. The Kier molecular flexibility index (Phi) is 5.68. The van der Waals surface area contributed by atoms with E-state index >= 15 is 0 Å². The number of hydrogen-bond donors (Lipinski definition) is 1. The highest BCUT2D eigenvalue weighted by Gasteiger charge is 2.27. The molecule has 1 fully saturated rings. The number of anilines is 1. The summed E-state index contributed by atoms with van der Waals surface area (Å²) in [7, 11) is 0. The van der Waals surface area contributed by atoms with Crippen molar-refractivity contribution in [2.45, 2.75) is 19.4 Å². The molecule has 5 nitrogen and oxygen atoms in total. The van der Waals surface area contributed by atoms with E-state index in [0.717, 1.165) is 50.4 Å². The minimum Gasteiger partial charge on any atom is -0.379 e. The van der Waals surface area contributed by atoms with Gasteiger partial charge < -0.3 is 10.1 Å². The first-order chi connectivity index (χ1) is 15.2. The molecule has 158 valence electrons. The number of hydrogen-bond acceptors (Lipinski definition) is 5. The summed E-state index contributed by atoms with van der Waals surface area (Å²) in [6.07, 6.45) is 1.21. The van der Waals surface area contributed by atoms with Crippen LogP contribution in [0.5, 0.6) is 0 Å². The number of carbonyl (C=O) groups is 2. The van der Waals surface area contributed by atoms with Gasteiger partial charge in [-0.15, -0.1) is 11.3 Å². The van der Waals surface area contributed by atoms with E-state index in [4.69, 9.17) is 4.74 Å². The molecule has 0 bridgehead atoms. The molecule has 2 heterocycles. The van der Waals surface area contributed by atoms with E-state index in [-0.39, 0.29) is 11.7 Å². The van der Waals surface area contributed by atoms with Crippen molar-refractivity contribution in [1.29, 1.82) is 0 Å². The number of fused-ring (bicyclic) bond motifs is 1. The number of nitrogens with zero attached hydrogens (tertiary/aromatic N) is 1. The molecule has 0 unspecified atom stereocenters. The quantitative estimate of drug-likeness (QED) is 0.639. The minimum atomic E-state index is -0.195. The second kappa shape index (κ2) is 8.75. The molecular weight excluding hydrogens is 408 g/mol. The van der Waals surface area contributed by atoms with Crippen molar-refractivity contribution >= 4 is 28.7 Å². The average Bonchev–Trinajstić information content (AvgIpc) is 3.42. The van der Waals surface area contributed by atoms with Gasteiger partial charge >= 0.3 is 0 Å². The largest absolute Gasteiger partial charge is 0.379 e. The molecule has 1 saturated heterocycles. The van der Waals surface area contributed by atoms with Gasteiger partial charge in [0.05, 0.1) is 18.9 Å². The Morgan fingerprint density at radius 3 is 2.61 bits per heavy atom. The molecule has 31 heavy (non-hydrogen) atoms. The van der Waals surface area contributed by atoms with Gasteiger partial charge in [0.2, 0.25) is 0 Å². The summed E-state index contributed by atoms with van der Waals surface area (Å²) in [5.74, 6) is -0.0931. The van der Waals surface area contributed by atoms with Gasteiger partial charge in [0.1, 0.15) is 0 Å². The van der Waals surface area contributed by atoms with E-state index in [9.17, 15) is 9.59 Å². The zero-order valence-corrected chi connectivity index (χ0v) is 18.0. The summed E-state index contributed by atoms with van der Waals surface area (Å²) >= 11 is 1.78. The fourth-order valence-corrected chi connectivity index (χ4v) is 5.40. The fourth-order valence-electron chi connectivity index (χ4n) is 4.30. The molecule has 0 radical (unpaired) electrons. The van der Waals surface area contributed by atoms with Gasteiger partial charge in [-0.3, -0.25) is 14.5 Å². The highest BCUT2D eigenvalue weighted by atomic mass is 32.1. The molecule has 1 aliphatic carbocycles. The molecule has 2 aliphatic rings. The van der Waals surface area contributed by atoms with Crippen LogP contribution < -0.4 is 5.32 Å². The summed E-state index contributed by atoms with van der Waals surface area (Å²) < 4.78 is 5.44.